The van der Waals surface area contributed by atoms with Gasteiger partial charge < -0.3 is 5.11 Å². The Hall–Kier alpha value is -1.90. The Kier molecular flexibility index (Phi) is 3.68. The van der Waals surface area contributed by atoms with Crippen LogP contribution >= 0.6 is 11.6 Å². The Morgan fingerprint density at radius 1 is 1.05 bits per heavy atom. The number of rotatable bonds is 3. The molecule has 0 radical (unpaired) electrons. The van der Waals surface area contributed by atoms with Gasteiger partial charge in [0.15, 0.2) is 0 Å². The molecular formula is C17H14ClNO. The van der Waals surface area contributed by atoms with Crippen LogP contribution < -0.4 is 0 Å². The quantitative estimate of drug-likeness (QED) is 0.783. The van der Waals surface area contributed by atoms with Crippen molar-refractivity contribution in [3.63, 3.8) is 0 Å². The molecule has 0 bridgehead atoms. The van der Waals surface area contributed by atoms with Crippen LogP contribution in [0.1, 0.15) is 17.2 Å². The molecule has 1 aromatic heterocycles. The van der Waals surface area contributed by atoms with Gasteiger partial charge in [0, 0.05) is 23.0 Å². The average molecular weight is 284 g/mol. The van der Waals surface area contributed by atoms with Gasteiger partial charge >= 0.3 is 0 Å². The van der Waals surface area contributed by atoms with Gasteiger partial charge in [0.25, 0.3) is 0 Å². The third-order valence-electron chi connectivity index (χ3n) is 3.34. The second-order valence-electron chi connectivity index (χ2n) is 4.81. The van der Waals surface area contributed by atoms with Crippen molar-refractivity contribution in [1.82, 2.24) is 4.98 Å². The highest BCUT2D eigenvalue weighted by Crippen LogP contribution is 2.22. The molecule has 2 aromatic carbocycles. The van der Waals surface area contributed by atoms with Gasteiger partial charge in [0.1, 0.15) is 0 Å². The molecule has 1 heterocycles. The summed E-state index contributed by atoms with van der Waals surface area (Å²) in [5, 5.41) is 12.1. The summed E-state index contributed by atoms with van der Waals surface area (Å²) in [7, 11) is 0. The van der Waals surface area contributed by atoms with Crippen LogP contribution in [0, 0.1) is 0 Å². The molecule has 100 valence electrons. The van der Waals surface area contributed by atoms with E-state index in [1.807, 2.05) is 54.6 Å². The summed E-state index contributed by atoms with van der Waals surface area (Å²) < 4.78 is 0. The van der Waals surface area contributed by atoms with Gasteiger partial charge in [-0.1, -0.05) is 41.9 Å². The molecule has 0 saturated carbocycles. The Bertz CT molecular complexity index is 724. The first-order chi connectivity index (χ1) is 9.72. The van der Waals surface area contributed by atoms with Crippen LogP contribution in [0.5, 0.6) is 0 Å². The van der Waals surface area contributed by atoms with Gasteiger partial charge in [-0.25, -0.2) is 0 Å². The first-order valence-electron chi connectivity index (χ1n) is 6.49. The number of aromatic nitrogens is 1. The summed E-state index contributed by atoms with van der Waals surface area (Å²) in [6, 6.07) is 17.4. The number of para-hydroxylation sites is 1. The first kappa shape index (κ1) is 13.1. The molecule has 0 aliphatic heterocycles. The average Bonchev–Trinajstić information content (AvgIpc) is 2.49. The number of hydrogen-bond acceptors (Lipinski definition) is 2. The smallest absolute Gasteiger partial charge is 0.0845 e. The number of nitrogens with zero attached hydrogens (tertiary/aromatic N) is 1. The second kappa shape index (κ2) is 5.61. The van der Waals surface area contributed by atoms with Gasteiger partial charge in [-0.15, -0.1) is 0 Å². The molecule has 0 saturated heterocycles. The monoisotopic (exact) mass is 283 g/mol. The van der Waals surface area contributed by atoms with Crippen molar-refractivity contribution in [2.75, 3.05) is 0 Å². The highest BCUT2D eigenvalue weighted by Gasteiger charge is 2.10. The van der Waals surface area contributed by atoms with E-state index in [9.17, 15) is 5.11 Å². The number of benzene rings is 2. The van der Waals surface area contributed by atoms with E-state index in [0.29, 0.717) is 11.4 Å². The maximum Gasteiger partial charge on any atom is 0.0845 e. The predicted molar refractivity (Wildman–Crippen MR) is 81.9 cm³/mol. The third kappa shape index (κ3) is 2.82. The van der Waals surface area contributed by atoms with Crippen LogP contribution in [-0.4, -0.2) is 10.1 Å². The van der Waals surface area contributed by atoms with Crippen LogP contribution in [0.2, 0.25) is 5.02 Å². The Labute approximate surface area is 122 Å². The lowest BCUT2D eigenvalue weighted by molar-refractivity contribution is 0.178. The number of pyridine rings is 1. The van der Waals surface area contributed by atoms with Gasteiger partial charge in [-0.3, -0.25) is 4.98 Å². The maximum atomic E-state index is 10.3. The molecule has 3 heteroatoms. The zero-order valence-corrected chi connectivity index (χ0v) is 11.6. The summed E-state index contributed by atoms with van der Waals surface area (Å²) in [5.41, 5.74) is 2.82. The molecule has 3 aromatic rings. The van der Waals surface area contributed by atoms with E-state index in [1.54, 1.807) is 6.20 Å². The number of aliphatic hydroxyl groups excluding tert-OH is 1. The van der Waals surface area contributed by atoms with Gasteiger partial charge in [-0.2, -0.15) is 0 Å². The maximum absolute atomic E-state index is 10.3. The zero-order chi connectivity index (χ0) is 13.9. The summed E-state index contributed by atoms with van der Waals surface area (Å²) >= 11 is 5.86. The summed E-state index contributed by atoms with van der Waals surface area (Å²) in [4.78, 5) is 4.38. The predicted octanol–water partition coefficient (Wildman–Crippen LogP) is 4.16. The molecule has 0 aliphatic carbocycles. The lowest BCUT2D eigenvalue weighted by Crippen LogP contribution is -2.02. The van der Waals surface area contributed by atoms with E-state index >= 15 is 0 Å². The minimum atomic E-state index is -0.562. The van der Waals surface area contributed by atoms with Crippen molar-refractivity contribution in [2.45, 2.75) is 12.5 Å². The Morgan fingerprint density at radius 2 is 1.80 bits per heavy atom. The first-order valence-corrected chi connectivity index (χ1v) is 6.87. The second-order valence-corrected chi connectivity index (χ2v) is 5.24. The molecule has 1 atom stereocenters. The summed E-state index contributed by atoms with van der Waals surface area (Å²) in [6.07, 6.45) is 1.73. The number of hydrogen-bond donors (Lipinski definition) is 1. The largest absolute Gasteiger partial charge is 0.388 e. The molecule has 0 aliphatic rings. The molecule has 3 rings (SSSR count). The molecule has 2 nitrogen and oxygen atoms in total. The minimum absolute atomic E-state index is 0.553. The normalized spacial score (nSPS) is 12.5. The van der Waals surface area contributed by atoms with Gasteiger partial charge in [0.2, 0.25) is 0 Å². The standard InChI is InChI=1S/C17H14ClNO/c18-15-7-5-12(6-8-15)9-17(20)14-10-13-3-1-2-4-16(13)19-11-14/h1-8,10-11,17,20H,9H2. The number of fused-ring (bicyclic) bond motifs is 1. The van der Waals surface area contributed by atoms with Crippen LogP contribution in [0.25, 0.3) is 10.9 Å². The van der Waals surface area contributed by atoms with E-state index in [2.05, 4.69) is 4.98 Å². The molecule has 0 amide bonds. The van der Waals surface area contributed by atoms with Crippen LogP contribution in [0.3, 0.4) is 0 Å². The lowest BCUT2D eigenvalue weighted by Gasteiger charge is -2.11. The van der Waals surface area contributed by atoms with Crippen molar-refractivity contribution in [3.05, 3.63) is 76.9 Å². The molecule has 1 unspecified atom stereocenters. The van der Waals surface area contributed by atoms with E-state index in [0.717, 1.165) is 22.0 Å². The highest BCUT2D eigenvalue weighted by molar-refractivity contribution is 6.30. The molecule has 0 spiro atoms. The van der Waals surface area contributed by atoms with E-state index < -0.39 is 6.10 Å². The number of aliphatic hydroxyl groups is 1. The fourth-order valence-electron chi connectivity index (χ4n) is 2.23. The topological polar surface area (TPSA) is 33.1 Å². The van der Waals surface area contributed by atoms with Gasteiger partial charge in [0.05, 0.1) is 11.6 Å². The minimum Gasteiger partial charge on any atom is -0.388 e. The Balaban J connectivity index is 1.84. The Morgan fingerprint density at radius 3 is 2.60 bits per heavy atom. The fourth-order valence-corrected chi connectivity index (χ4v) is 2.36. The van der Waals surface area contributed by atoms with Crippen molar-refractivity contribution in [2.24, 2.45) is 0 Å². The zero-order valence-electron chi connectivity index (χ0n) is 10.8. The number of halogens is 1. The van der Waals surface area contributed by atoms with E-state index in [1.165, 1.54) is 0 Å². The van der Waals surface area contributed by atoms with Crippen LogP contribution in [0.15, 0.2) is 60.8 Å². The highest BCUT2D eigenvalue weighted by atomic mass is 35.5. The molecule has 0 fully saturated rings. The molecule has 20 heavy (non-hydrogen) atoms. The summed E-state index contributed by atoms with van der Waals surface area (Å²) in [6.45, 7) is 0. The molecular weight excluding hydrogens is 270 g/mol. The van der Waals surface area contributed by atoms with E-state index in [-0.39, 0.29) is 0 Å². The molecule has 1 N–H and O–H groups in total. The van der Waals surface area contributed by atoms with Gasteiger partial charge in [-0.05, 0) is 35.4 Å². The SMILES string of the molecule is OC(Cc1ccc(Cl)cc1)c1cnc2ccccc2c1. The summed E-state index contributed by atoms with van der Waals surface area (Å²) in [5.74, 6) is 0. The van der Waals surface area contributed by atoms with Crippen LogP contribution in [-0.2, 0) is 6.42 Å². The fraction of sp³-hybridized carbons (Fsp3) is 0.118. The van der Waals surface area contributed by atoms with Crippen molar-refractivity contribution in [3.8, 4) is 0 Å². The van der Waals surface area contributed by atoms with Crippen molar-refractivity contribution in [1.29, 1.82) is 0 Å². The van der Waals surface area contributed by atoms with Crippen LogP contribution in [0.4, 0.5) is 0 Å². The van der Waals surface area contributed by atoms with E-state index in [4.69, 9.17) is 11.6 Å². The lowest BCUT2D eigenvalue weighted by atomic mass is 10.0. The van der Waals surface area contributed by atoms with Crippen molar-refractivity contribution >= 4 is 22.5 Å². The third-order valence-corrected chi connectivity index (χ3v) is 3.59. The van der Waals surface area contributed by atoms with Crippen molar-refractivity contribution < 1.29 is 5.11 Å².